The van der Waals surface area contributed by atoms with Crippen LogP contribution < -0.4 is 9.47 Å². The Morgan fingerprint density at radius 1 is 1.22 bits per heavy atom. The third kappa shape index (κ3) is 4.37. The zero-order valence-corrected chi connectivity index (χ0v) is 15.5. The molecule has 0 radical (unpaired) electrons. The summed E-state index contributed by atoms with van der Waals surface area (Å²) >= 11 is 0. The molecule has 0 aliphatic carbocycles. The summed E-state index contributed by atoms with van der Waals surface area (Å²) in [6.45, 7) is 1.66. The maximum Gasteiger partial charge on any atom is 0.294 e. The summed E-state index contributed by atoms with van der Waals surface area (Å²) in [5, 5.41) is 9.54. The lowest BCUT2D eigenvalue weighted by Crippen LogP contribution is -2.03. The molecule has 0 amide bonds. The average molecular weight is 391 g/mol. The Balaban J connectivity index is 2.03. The van der Waals surface area contributed by atoms with E-state index in [-0.39, 0.29) is 18.3 Å². The first kappa shape index (κ1) is 18.7. The average Bonchev–Trinajstić information content (AvgIpc) is 3.06. The lowest BCUT2D eigenvalue weighted by Gasteiger charge is -2.10. The molecule has 1 aliphatic rings. The van der Waals surface area contributed by atoms with E-state index in [9.17, 15) is 18.5 Å². The minimum atomic E-state index is -3.29. The molecule has 0 atom stereocenters. The predicted molar refractivity (Wildman–Crippen MR) is 97.7 cm³/mol. The first-order valence-corrected chi connectivity index (χ1v) is 9.82. The fourth-order valence-electron chi connectivity index (χ4n) is 2.67. The van der Waals surface area contributed by atoms with Crippen LogP contribution in [0.4, 0.5) is 0 Å². The number of hydrogen-bond donors (Lipinski definition) is 0. The third-order valence-electron chi connectivity index (χ3n) is 3.94. The molecule has 2 aromatic carbocycles. The molecular weight excluding hydrogens is 374 g/mol. The van der Waals surface area contributed by atoms with Crippen LogP contribution in [0.1, 0.15) is 12.5 Å². The topological polar surface area (TPSA) is 105 Å². The number of nitrogens with zero attached hydrogens (tertiary/aromatic N) is 1. The number of sulfone groups is 1. The fraction of sp³-hybridized carbons (Fsp3) is 0.222. The highest BCUT2D eigenvalue weighted by molar-refractivity contribution is 7.90. The molecule has 0 saturated carbocycles. The van der Waals surface area contributed by atoms with Crippen molar-refractivity contribution in [3.05, 3.63) is 57.6 Å². The van der Waals surface area contributed by atoms with Crippen molar-refractivity contribution in [3.63, 3.8) is 0 Å². The highest BCUT2D eigenvalue weighted by atomic mass is 32.2. The highest BCUT2D eigenvalue weighted by Gasteiger charge is 2.18. The Morgan fingerprint density at radius 2 is 1.85 bits per heavy atom. The molecule has 2 aromatic rings. The number of benzene rings is 2. The second-order valence-electron chi connectivity index (χ2n) is 6.08. The Morgan fingerprint density at radius 3 is 2.44 bits per heavy atom. The lowest BCUT2D eigenvalue weighted by molar-refractivity contribution is -0.755. The smallest absolute Gasteiger partial charge is 0.294 e. The van der Waals surface area contributed by atoms with Crippen LogP contribution in [0.2, 0.25) is 0 Å². The van der Waals surface area contributed by atoms with Crippen LogP contribution >= 0.6 is 0 Å². The van der Waals surface area contributed by atoms with E-state index in [1.165, 1.54) is 12.1 Å². The highest BCUT2D eigenvalue weighted by Crippen LogP contribution is 2.39. The van der Waals surface area contributed by atoms with Crippen molar-refractivity contribution >= 4 is 15.9 Å². The number of ether oxygens (including phenoxy) is 2. The molecule has 9 heteroatoms. The van der Waals surface area contributed by atoms with E-state index < -0.39 is 14.9 Å². The van der Waals surface area contributed by atoms with E-state index >= 15 is 0 Å². The maximum absolute atomic E-state index is 11.7. The lowest BCUT2D eigenvalue weighted by atomic mass is 9.97. The summed E-state index contributed by atoms with van der Waals surface area (Å²) in [6.07, 6.45) is 2.90. The van der Waals surface area contributed by atoms with Gasteiger partial charge in [0.2, 0.25) is 6.79 Å². The van der Waals surface area contributed by atoms with Gasteiger partial charge in [-0.1, -0.05) is 18.2 Å². The van der Waals surface area contributed by atoms with E-state index in [1.54, 1.807) is 37.3 Å². The van der Waals surface area contributed by atoms with Crippen molar-refractivity contribution in [2.45, 2.75) is 11.8 Å². The summed E-state index contributed by atoms with van der Waals surface area (Å²) in [6, 6.07) is 10.0. The Hall–Kier alpha value is -3.07. The predicted octanol–water partition coefficient (Wildman–Crippen LogP) is 3.10. The van der Waals surface area contributed by atoms with Crippen LogP contribution in [0.25, 0.3) is 17.2 Å². The quantitative estimate of drug-likeness (QED) is 0.550. The van der Waals surface area contributed by atoms with Gasteiger partial charge < -0.3 is 14.3 Å². The van der Waals surface area contributed by atoms with Gasteiger partial charge in [0, 0.05) is 6.26 Å². The third-order valence-corrected chi connectivity index (χ3v) is 5.07. The van der Waals surface area contributed by atoms with Crippen molar-refractivity contribution in [3.8, 4) is 22.6 Å². The van der Waals surface area contributed by atoms with Gasteiger partial charge >= 0.3 is 0 Å². The van der Waals surface area contributed by atoms with Crippen LogP contribution in [0.5, 0.6) is 11.5 Å². The van der Waals surface area contributed by atoms with Gasteiger partial charge in [0.15, 0.2) is 21.3 Å². The minimum absolute atomic E-state index is 0.109. The van der Waals surface area contributed by atoms with Crippen LogP contribution in [0.3, 0.4) is 0 Å². The minimum Gasteiger partial charge on any atom is -0.454 e. The van der Waals surface area contributed by atoms with Crippen LogP contribution in [-0.4, -0.2) is 33.2 Å². The molecule has 27 heavy (non-hydrogen) atoms. The summed E-state index contributed by atoms with van der Waals surface area (Å²) in [5.74, 6) is 1.15. The zero-order chi connectivity index (χ0) is 19.6. The molecule has 0 saturated heterocycles. The van der Waals surface area contributed by atoms with Crippen LogP contribution in [0, 0.1) is 10.1 Å². The number of hydrogen-bond acceptors (Lipinski definition) is 7. The van der Waals surface area contributed by atoms with E-state index in [1.807, 2.05) is 0 Å². The van der Waals surface area contributed by atoms with Gasteiger partial charge in [-0.15, -0.1) is 10.1 Å². The van der Waals surface area contributed by atoms with Gasteiger partial charge in [0.1, 0.15) is 6.61 Å². The van der Waals surface area contributed by atoms with Gasteiger partial charge in [-0.3, -0.25) is 0 Å². The molecule has 1 heterocycles. The first-order valence-electron chi connectivity index (χ1n) is 7.92. The first-order chi connectivity index (χ1) is 12.7. The molecule has 0 unspecified atom stereocenters. The van der Waals surface area contributed by atoms with E-state index in [0.29, 0.717) is 17.1 Å². The van der Waals surface area contributed by atoms with Crippen LogP contribution in [0.15, 0.2) is 46.9 Å². The molecule has 0 N–H and O–H groups in total. The van der Waals surface area contributed by atoms with Crippen molar-refractivity contribution in [1.29, 1.82) is 0 Å². The molecule has 3 rings (SSSR count). The van der Waals surface area contributed by atoms with Crippen LogP contribution in [-0.2, 0) is 14.7 Å². The molecule has 8 nitrogen and oxygen atoms in total. The fourth-order valence-corrected chi connectivity index (χ4v) is 3.30. The molecular formula is C18H17NO7S. The monoisotopic (exact) mass is 391 g/mol. The normalized spacial score (nSPS) is 13.5. The zero-order valence-electron chi connectivity index (χ0n) is 14.7. The Kier molecular flexibility index (Phi) is 5.04. The second-order valence-corrected chi connectivity index (χ2v) is 8.09. The Bertz CT molecular complexity index is 1010. The van der Waals surface area contributed by atoms with Gasteiger partial charge in [-0.25, -0.2) is 8.42 Å². The molecule has 1 aliphatic heterocycles. The van der Waals surface area contributed by atoms with Crippen molar-refractivity contribution in [2.24, 2.45) is 0 Å². The van der Waals surface area contributed by atoms with E-state index in [2.05, 4.69) is 4.84 Å². The van der Waals surface area contributed by atoms with Gasteiger partial charge in [-0.05, 0) is 53.5 Å². The maximum atomic E-state index is 11.7. The molecule has 0 aromatic heterocycles. The van der Waals surface area contributed by atoms with E-state index in [0.717, 1.165) is 22.9 Å². The van der Waals surface area contributed by atoms with E-state index in [4.69, 9.17) is 9.47 Å². The summed E-state index contributed by atoms with van der Waals surface area (Å²) in [7, 11) is -3.29. The van der Waals surface area contributed by atoms with Crippen molar-refractivity contribution in [2.75, 3.05) is 19.7 Å². The molecule has 0 bridgehead atoms. The number of fused-ring (bicyclic) bond motifs is 1. The summed E-state index contributed by atoms with van der Waals surface area (Å²) < 4.78 is 34.1. The Labute approximate surface area is 156 Å². The molecule has 142 valence electrons. The largest absolute Gasteiger partial charge is 0.454 e. The SMILES string of the molecule is C/C(=C\c1cc2c(cc1-c1ccc(S(C)(=O)=O)cc1)OCO2)CO[N+](=O)[O-]. The van der Waals surface area contributed by atoms with Gasteiger partial charge in [0.05, 0.1) is 4.90 Å². The second kappa shape index (κ2) is 7.28. The summed E-state index contributed by atoms with van der Waals surface area (Å²) in [4.78, 5) is 15.0. The standard InChI is InChI=1S/C18H17NO7S/c1-12(10-26-19(20)21)7-14-8-17-18(25-11-24-17)9-16(14)13-3-5-15(6-4-13)27(2,22)23/h3-9H,10-11H2,1-2H3/b12-7+. The van der Waals surface area contributed by atoms with Crippen molar-refractivity contribution < 1.29 is 27.8 Å². The molecule has 0 fully saturated rings. The van der Waals surface area contributed by atoms with Gasteiger partial charge in [0.25, 0.3) is 5.09 Å². The molecule has 0 spiro atoms. The summed E-state index contributed by atoms with van der Waals surface area (Å²) in [5.41, 5.74) is 2.94. The number of rotatable bonds is 6. The van der Waals surface area contributed by atoms with Crippen molar-refractivity contribution in [1.82, 2.24) is 0 Å². The van der Waals surface area contributed by atoms with Gasteiger partial charge in [-0.2, -0.15) is 0 Å².